The van der Waals surface area contributed by atoms with Crippen molar-refractivity contribution in [3.63, 3.8) is 0 Å². The number of halogens is 1. The Hall–Kier alpha value is -2.70. The van der Waals surface area contributed by atoms with Crippen LogP contribution in [0.2, 0.25) is 0 Å². The first kappa shape index (κ1) is 23.6. The highest BCUT2D eigenvalue weighted by atomic mass is 35.5. The molecule has 7 heteroatoms. The highest BCUT2D eigenvalue weighted by Crippen LogP contribution is 2.35. The lowest BCUT2D eigenvalue weighted by Gasteiger charge is -2.23. The first-order chi connectivity index (χ1) is 13.8. The summed E-state index contributed by atoms with van der Waals surface area (Å²) in [6.07, 6.45) is 2.00. The quantitative estimate of drug-likeness (QED) is 0.503. The molecule has 0 radical (unpaired) electrons. The molecule has 6 nitrogen and oxygen atoms in total. The van der Waals surface area contributed by atoms with Gasteiger partial charge in [-0.1, -0.05) is 24.3 Å². The van der Waals surface area contributed by atoms with Gasteiger partial charge < -0.3 is 25.5 Å². The number of methoxy groups -OCH3 is 1. The Morgan fingerprint density at radius 3 is 2.60 bits per heavy atom. The number of ether oxygens (including phenoxy) is 2. The van der Waals surface area contributed by atoms with Crippen molar-refractivity contribution >= 4 is 29.2 Å². The fraction of sp³-hybridized carbons (Fsp3) is 0.348. The molecule has 0 aliphatic heterocycles. The van der Waals surface area contributed by atoms with E-state index in [1.54, 1.807) is 21.0 Å². The Labute approximate surface area is 183 Å². The predicted molar refractivity (Wildman–Crippen MR) is 123 cm³/mol. The molecule has 1 atom stereocenters. The summed E-state index contributed by atoms with van der Waals surface area (Å²) in [6.45, 7) is 6.31. The first-order valence-electron chi connectivity index (χ1n) is 9.79. The third kappa shape index (κ3) is 5.07. The first-order valence-corrected chi connectivity index (χ1v) is 9.79. The number of aromatic amines is 1. The maximum atomic E-state index is 12.4. The van der Waals surface area contributed by atoms with Crippen LogP contribution in [-0.4, -0.2) is 36.7 Å². The van der Waals surface area contributed by atoms with Gasteiger partial charge in [0.15, 0.2) is 11.5 Å². The molecule has 1 heterocycles. The predicted octanol–water partition coefficient (Wildman–Crippen LogP) is 3.98. The van der Waals surface area contributed by atoms with E-state index in [9.17, 15) is 4.79 Å². The van der Waals surface area contributed by atoms with Gasteiger partial charge in [0.1, 0.15) is 0 Å². The summed E-state index contributed by atoms with van der Waals surface area (Å²) in [5, 5.41) is 4.12. The number of H-pyrrole nitrogens is 1. The zero-order valence-electron chi connectivity index (χ0n) is 17.8. The molecule has 0 saturated heterocycles. The zero-order valence-corrected chi connectivity index (χ0v) is 18.6. The van der Waals surface area contributed by atoms with Crippen LogP contribution in [0, 0.1) is 0 Å². The number of carbonyl (C=O) groups is 1. The smallest absolute Gasteiger partial charge is 0.239 e. The van der Waals surface area contributed by atoms with Crippen LogP contribution < -0.4 is 20.5 Å². The summed E-state index contributed by atoms with van der Waals surface area (Å²) in [5.41, 5.74) is 8.18. The maximum Gasteiger partial charge on any atom is 0.239 e. The van der Waals surface area contributed by atoms with E-state index in [0.29, 0.717) is 24.7 Å². The van der Waals surface area contributed by atoms with E-state index in [1.165, 1.54) is 0 Å². The molecule has 0 bridgehead atoms. The van der Waals surface area contributed by atoms with Crippen molar-refractivity contribution < 1.29 is 14.3 Å². The number of fused-ring (bicyclic) bond motifs is 1. The van der Waals surface area contributed by atoms with Gasteiger partial charge in [-0.25, -0.2) is 0 Å². The Morgan fingerprint density at radius 2 is 1.93 bits per heavy atom. The Bertz CT molecular complexity index is 995. The second-order valence-electron chi connectivity index (χ2n) is 7.62. The van der Waals surface area contributed by atoms with E-state index in [-0.39, 0.29) is 24.2 Å². The fourth-order valence-electron chi connectivity index (χ4n) is 3.39. The molecule has 162 valence electrons. The summed E-state index contributed by atoms with van der Waals surface area (Å²) in [6, 6.07) is 14.0. The van der Waals surface area contributed by atoms with Crippen LogP contribution in [0.1, 0.15) is 37.8 Å². The number of rotatable bonds is 8. The molecule has 3 aromatic rings. The molecule has 1 unspecified atom stereocenters. The second kappa shape index (κ2) is 9.87. The highest BCUT2D eigenvalue weighted by Gasteiger charge is 2.25. The van der Waals surface area contributed by atoms with Crippen molar-refractivity contribution in [3.8, 4) is 11.5 Å². The average Bonchev–Trinajstić information content (AvgIpc) is 3.12. The minimum Gasteiger partial charge on any atom is -0.493 e. The van der Waals surface area contributed by atoms with Gasteiger partial charge in [-0.15, -0.1) is 12.4 Å². The Morgan fingerprint density at radius 1 is 1.20 bits per heavy atom. The van der Waals surface area contributed by atoms with Gasteiger partial charge in [-0.3, -0.25) is 4.79 Å². The van der Waals surface area contributed by atoms with Gasteiger partial charge in [0.25, 0.3) is 0 Å². The number of hydrogen-bond acceptors (Lipinski definition) is 4. The summed E-state index contributed by atoms with van der Waals surface area (Å²) in [5.74, 6) is 1.09. The minimum atomic E-state index is -0.943. The number of para-hydroxylation sites is 1. The molecule has 4 N–H and O–H groups in total. The summed E-state index contributed by atoms with van der Waals surface area (Å²) >= 11 is 0. The molecule has 0 aliphatic carbocycles. The van der Waals surface area contributed by atoms with Gasteiger partial charge in [0.05, 0.1) is 19.3 Å². The second-order valence-corrected chi connectivity index (χ2v) is 7.62. The zero-order chi connectivity index (χ0) is 21.0. The van der Waals surface area contributed by atoms with Crippen molar-refractivity contribution in [2.75, 3.05) is 20.3 Å². The third-order valence-electron chi connectivity index (χ3n) is 4.94. The van der Waals surface area contributed by atoms with Crippen LogP contribution in [0.5, 0.6) is 11.5 Å². The normalized spacial score (nSPS) is 12.2. The number of nitrogens with one attached hydrogen (secondary N) is 2. The Kier molecular flexibility index (Phi) is 7.76. The number of nitrogens with two attached hydrogens (primary N) is 1. The van der Waals surface area contributed by atoms with Gasteiger partial charge >= 0.3 is 0 Å². The Balaban J connectivity index is 0.00000320. The van der Waals surface area contributed by atoms with Gasteiger partial charge in [0, 0.05) is 29.6 Å². The van der Waals surface area contributed by atoms with Crippen LogP contribution >= 0.6 is 12.4 Å². The molecule has 30 heavy (non-hydrogen) atoms. The maximum absolute atomic E-state index is 12.4. The molecule has 0 fully saturated rings. The van der Waals surface area contributed by atoms with Gasteiger partial charge in [-0.2, -0.15) is 0 Å². The SMILES string of the molecule is CCOc1ccc(C(CNC(=O)C(C)(C)N)c2c[nH]c3ccccc23)cc1OC.Cl. The molecular formula is C23H30ClN3O3. The van der Waals surface area contributed by atoms with Crippen LogP contribution in [0.25, 0.3) is 10.9 Å². The van der Waals surface area contributed by atoms with Crippen LogP contribution in [0.3, 0.4) is 0 Å². The number of hydrogen-bond donors (Lipinski definition) is 3. The van der Waals surface area contributed by atoms with Crippen molar-refractivity contribution in [2.45, 2.75) is 32.2 Å². The van der Waals surface area contributed by atoms with E-state index in [4.69, 9.17) is 15.2 Å². The highest BCUT2D eigenvalue weighted by molar-refractivity contribution is 5.86. The lowest BCUT2D eigenvalue weighted by Crippen LogP contribution is -2.50. The van der Waals surface area contributed by atoms with E-state index in [2.05, 4.69) is 16.4 Å². The number of benzene rings is 2. The monoisotopic (exact) mass is 431 g/mol. The average molecular weight is 432 g/mol. The van der Waals surface area contributed by atoms with Crippen molar-refractivity contribution in [2.24, 2.45) is 5.73 Å². The summed E-state index contributed by atoms with van der Waals surface area (Å²) < 4.78 is 11.2. The lowest BCUT2D eigenvalue weighted by atomic mass is 9.90. The van der Waals surface area contributed by atoms with Crippen molar-refractivity contribution in [1.82, 2.24) is 10.3 Å². The number of carbonyl (C=O) groups excluding carboxylic acids is 1. The van der Waals surface area contributed by atoms with Gasteiger partial charge in [0.2, 0.25) is 5.91 Å². The lowest BCUT2D eigenvalue weighted by molar-refractivity contribution is -0.125. The van der Waals surface area contributed by atoms with Crippen LogP contribution in [0.4, 0.5) is 0 Å². The summed E-state index contributed by atoms with van der Waals surface area (Å²) in [7, 11) is 1.63. The molecule has 2 aromatic carbocycles. The minimum absolute atomic E-state index is 0. The molecule has 3 rings (SSSR count). The molecule has 0 aliphatic rings. The van der Waals surface area contributed by atoms with E-state index < -0.39 is 5.54 Å². The number of amides is 1. The van der Waals surface area contributed by atoms with Crippen LogP contribution in [-0.2, 0) is 4.79 Å². The van der Waals surface area contributed by atoms with Crippen LogP contribution in [0.15, 0.2) is 48.7 Å². The molecular weight excluding hydrogens is 402 g/mol. The fourth-order valence-corrected chi connectivity index (χ4v) is 3.39. The van der Waals surface area contributed by atoms with Gasteiger partial charge in [-0.05, 0) is 50.1 Å². The largest absolute Gasteiger partial charge is 0.493 e. The topological polar surface area (TPSA) is 89.4 Å². The van der Waals surface area contributed by atoms with Crippen molar-refractivity contribution in [3.05, 3.63) is 59.8 Å². The standard InChI is InChI=1S/C23H29N3O3.ClH/c1-5-29-20-11-10-15(12-21(20)28-4)17(13-26-22(27)23(2,3)24)18-14-25-19-9-7-6-8-16(18)19;/h6-12,14,17,25H,5,13,24H2,1-4H3,(H,26,27);1H. The molecule has 1 aromatic heterocycles. The van der Waals surface area contributed by atoms with E-state index in [0.717, 1.165) is 22.0 Å². The third-order valence-corrected chi connectivity index (χ3v) is 4.94. The summed E-state index contributed by atoms with van der Waals surface area (Å²) in [4.78, 5) is 15.7. The molecule has 1 amide bonds. The van der Waals surface area contributed by atoms with E-state index in [1.807, 2.05) is 49.5 Å². The molecule has 0 spiro atoms. The van der Waals surface area contributed by atoms with E-state index >= 15 is 0 Å². The molecule has 0 saturated carbocycles. The van der Waals surface area contributed by atoms with Crippen molar-refractivity contribution in [1.29, 1.82) is 0 Å². The number of aromatic nitrogens is 1.